The molecule has 1 aromatic heterocycles. The van der Waals surface area contributed by atoms with Crippen LogP contribution in [-0.4, -0.2) is 13.1 Å². The lowest BCUT2D eigenvalue weighted by Gasteiger charge is -2.32. The molecule has 1 saturated carbocycles. The van der Waals surface area contributed by atoms with Gasteiger partial charge in [0, 0.05) is 32.4 Å². The number of hydrogen-bond acceptors (Lipinski definition) is 3. The van der Waals surface area contributed by atoms with Crippen molar-refractivity contribution in [2.75, 3.05) is 7.11 Å². The Morgan fingerprint density at radius 1 is 0.636 bits per heavy atom. The maximum absolute atomic E-state index is 12.5. The summed E-state index contributed by atoms with van der Waals surface area (Å²) in [6.45, 7) is 2.32. The van der Waals surface area contributed by atoms with E-state index in [2.05, 4.69) is 66.8 Å². The molecule has 0 bridgehead atoms. The fourth-order valence-corrected chi connectivity index (χ4v) is 17.9. The van der Waals surface area contributed by atoms with Gasteiger partial charge in [0.05, 0.1) is 7.11 Å². The molecule has 3 unspecified atom stereocenters. The van der Waals surface area contributed by atoms with Crippen molar-refractivity contribution in [3.8, 4) is 0 Å². The molecule has 18 rings (SSSR count). The van der Waals surface area contributed by atoms with Gasteiger partial charge in [-0.3, -0.25) is 4.79 Å². The highest BCUT2D eigenvalue weighted by molar-refractivity contribution is 7.12. The molecule has 2 nitrogen and oxygen atoms in total. The summed E-state index contributed by atoms with van der Waals surface area (Å²) >= 11 is 2.10. The summed E-state index contributed by atoms with van der Waals surface area (Å²) < 4.78 is 5.16. The van der Waals surface area contributed by atoms with E-state index in [1.807, 2.05) is 0 Å². The molecule has 0 amide bonds. The van der Waals surface area contributed by atoms with E-state index in [0.717, 1.165) is 44.9 Å². The number of methoxy groups -OCH3 is 1. The number of ether oxygens (including phenoxy) is 1. The van der Waals surface area contributed by atoms with E-state index in [0.29, 0.717) is 6.42 Å². The number of hydrogen-bond donors (Lipinski definition) is 0. The number of carbonyl (C=O) groups excluding carboxylic acids is 1. The zero-order valence-electron chi connectivity index (χ0n) is 30.5. The van der Waals surface area contributed by atoms with Gasteiger partial charge in [-0.05, 0) is 215 Å². The van der Waals surface area contributed by atoms with Gasteiger partial charge in [0.2, 0.25) is 0 Å². The smallest absolute Gasteiger partial charge is 0.305 e. The number of unbranched alkanes of at least 4 members (excludes halogenated alkanes) is 1. The summed E-state index contributed by atoms with van der Waals surface area (Å²) in [4.78, 5) is 15.6. The molecule has 0 N–H and O–H groups in total. The van der Waals surface area contributed by atoms with Gasteiger partial charge in [-0.2, -0.15) is 0 Å². The first-order chi connectivity index (χ1) is 27.1. The summed E-state index contributed by atoms with van der Waals surface area (Å²) in [7, 11) is 1.53. The van der Waals surface area contributed by atoms with Gasteiger partial charge >= 0.3 is 5.97 Å². The fourth-order valence-electron chi connectivity index (χ4n) is 16.6. The lowest BCUT2D eigenvalue weighted by atomic mass is 9.70. The van der Waals surface area contributed by atoms with E-state index in [1.165, 1.54) is 28.0 Å². The summed E-state index contributed by atoms with van der Waals surface area (Å²) in [5.41, 5.74) is 11.1. The van der Waals surface area contributed by atoms with Crippen LogP contribution in [0.25, 0.3) is 114 Å². The molecule has 0 radical (unpaired) electrons. The first kappa shape index (κ1) is 26.5. The van der Waals surface area contributed by atoms with Gasteiger partial charge in [0.15, 0.2) is 0 Å². The van der Waals surface area contributed by atoms with Crippen LogP contribution >= 0.6 is 11.3 Å². The zero-order valence-corrected chi connectivity index (χ0v) is 31.3. The van der Waals surface area contributed by atoms with Crippen LogP contribution in [0, 0.1) is 5.41 Å². The predicted octanol–water partition coefficient (Wildman–Crippen LogP) is 11.6. The summed E-state index contributed by atoms with van der Waals surface area (Å²) in [6.07, 6.45) is 10.6. The van der Waals surface area contributed by atoms with Crippen molar-refractivity contribution in [2.45, 2.75) is 69.1 Å². The number of aryl methyl sites for hydroxylation is 1. The Morgan fingerprint density at radius 2 is 1.24 bits per heavy atom. The number of carbonyl (C=O) groups is 1. The van der Waals surface area contributed by atoms with Crippen molar-refractivity contribution in [2.24, 2.45) is 5.41 Å². The van der Waals surface area contributed by atoms with Crippen LogP contribution in [0.2, 0.25) is 0 Å². The van der Waals surface area contributed by atoms with Crippen LogP contribution in [0.1, 0.15) is 81.3 Å². The van der Waals surface area contributed by atoms with Crippen molar-refractivity contribution in [1.29, 1.82) is 0 Å². The summed E-state index contributed by atoms with van der Waals surface area (Å²) in [5, 5.41) is 33.3. The highest BCUT2D eigenvalue weighted by atomic mass is 32.1. The lowest BCUT2D eigenvalue weighted by molar-refractivity contribution is -0.140. The minimum atomic E-state index is -0.113. The number of rotatable bonds is 7. The van der Waals surface area contributed by atoms with Crippen molar-refractivity contribution in [1.82, 2.24) is 0 Å². The Labute approximate surface area is 317 Å². The molecule has 1 fully saturated rings. The van der Waals surface area contributed by atoms with E-state index < -0.39 is 0 Å². The molecule has 55 heavy (non-hydrogen) atoms. The monoisotopic (exact) mass is 718 g/mol. The quantitative estimate of drug-likeness (QED) is 0.0932. The molecule has 6 aliphatic rings. The Morgan fingerprint density at radius 3 is 2.00 bits per heavy atom. The highest BCUT2D eigenvalue weighted by Crippen LogP contribution is 2.91. The Hall–Kier alpha value is -5.25. The van der Waals surface area contributed by atoms with Crippen molar-refractivity contribution < 1.29 is 9.53 Å². The van der Waals surface area contributed by atoms with Crippen molar-refractivity contribution in [3.63, 3.8) is 0 Å². The van der Waals surface area contributed by atoms with E-state index >= 15 is 0 Å². The van der Waals surface area contributed by atoms with Crippen LogP contribution in [0.4, 0.5) is 0 Å². The van der Waals surface area contributed by atoms with Gasteiger partial charge in [-0.15, -0.1) is 11.3 Å². The van der Waals surface area contributed by atoms with Gasteiger partial charge in [-0.25, -0.2) is 0 Å². The second-order valence-corrected chi connectivity index (χ2v) is 20.1. The molecule has 11 aromatic carbocycles. The fraction of sp³-hybridized carbons (Fsp3) is 0.250. The molecule has 6 aliphatic carbocycles. The second-order valence-electron chi connectivity index (χ2n) is 18.9. The standard InChI is InChI=1S/C52H30O2S/c1-3-27-7-8-28(55-27)51(9-5-4-6-29(53)54-2)50-17-25-15-23-13-21-12-22-11-19-10-20-14-24-16-26(18-50)48-46-35(24)39-31(20)30(19)37-34(22)38-32(21)33(23)40-36(25)49(52(48,50)51)47-44(40)42(38)41(37)43(39)45(46)47/h7-8,10,12,14-16,18H,3-6,9,11,13,17H2,1-2H3. The lowest BCUT2D eigenvalue weighted by Crippen LogP contribution is -2.30. The minimum Gasteiger partial charge on any atom is -0.469 e. The average molecular weight is 719 g/mol. The van der Waals surface area contributed by atoms with Gasteiger partial charge in [0.25, 0.3) is 0 Å². The number of benzene rings is 7. The maximum atomic E-state index is 12.5. The number of esters is 1. The molecule has 12 aromatic rings. The Kier molecular flexibility index (Phi) is 3.50. The van der Waals surface area contributed by atoms with Crippen molar-refractivity contribution in [3.05, 3.63) is 96.4 Å². The van der Waals surface area contributed by atoms with Crippen molar-refractivity contribution >= 4 is 131 Å². The molecular formula is C52H30O2S. The molecule has 0 aliphatic heterocycles. The average Bonchev–Trinajstić information content (AvgIpc) is 3.98. The molecule has 1 heterocycles. The first-order valence-electron chi connectivity index (χ1n) is 20.7. The van der Waals surface area contributed by atoms with Gasteiger partial charge < -0.3 is 4.74 Å². The van der Waals surface area contributed by atoms with Crippen LogP contribution in [0.15, 0.2) is 42.5 Å². The normalized spacial score (nSPS) is 24.8. The maximum Gasteiger partial charge on any atom is 0.305 e. The second kappa shape index (κ2) is 7.26. The van der Waals surface area contributed by atoms with Gasteiger partial charge in [0.1, 0.15) is 0 Å². The SMILES string of the molecule is CCc1ccc(C2(CCCCC(=O)OC)C34C=c5cc6cc7cc8c9c7c7c6c6c5C32c2c3c(cc5c%10c%11c(cc(c%12c%11c%11c(c2c6c7c%11c9%12)c3%10)C8)C5)C4)s1. The third-order valence-corrected chi connectivity index (χ3v) is 19.0. The van der Waals surface area contributed by atoms with E-state index in [-0.39, 0.29) is 22.2 Å². The first-order valence-corrected chi connectivity index (χ1v) is 21.6. The highest BCUT2D eigenvalue weighted by Gasteiger charge is 2.90. The Balaban J connectivity index is 1.15. The van der Waals surface area contributed by atoms with E-state index in [9.17, 15) is 4.79 Å². The molecule has 1 spiro atoms. The largest absolute Gasteiger partial charge is 0.469 e. The van der Waals surface area contributed by atoms with Crippen LogP contribution in [0.3, 0.4) is 0 Å². The van der Waals surface area contributed by atoms with Crippen LogP contribution < -0.4 is 5.22 Å². The van der Waals surface area contributed by atoms with Crippen LogP contribution in [0.5, 0.6) is 0 Å². The third-order valence-electron chi connectivity index (χ3n) is 17.6. The van der Waals surface area contributed by atoms with Gasteiger partial charge in [-0.1, -0.05) is 37.6 Å². The van der Waals surface area contributed by atoms with E-state index in [4.69, 9.17) is 4.74 Å². The van der Waals surface area contributed by atoms with E-state index in [1.54, 1.807) is 141 Å². The molecule has 256 valence electrons. The molecule has 0 saturated heterocycles. The molecular weight excluding hydrogens is 689 g/mol. The zero-order chi connectivity index (χ0) is 35.1. The van der Waals surface area contributed by atoms with Crippen LogP contribution in [-0.2, 0) is 46.0 Å². The molecule has 3 atom stereocenters. The predicted molar refractivity (Wildman–Crippen MR) is 227 cm³/mol. The topological polar surface area (TPSA) is 26.3 Å². The number of thiophene rings is 1. The summed E-state index contributed by atoms with van der Waals surface area (Å²) in [6, 6.07) is 18.2. The Bertz CT molecular complexity index is 4030. The molecule has 3 heteroatoms. The summed E-state index contributed by atoms with van der Waals surface area (Å²) in [5.74, 6) is -0.0823. The minimum absolute atomic E-state index is 0.0396. The third kappa shape index (κ3) is 2.04.